The van der Waals surface area contributed by atoms with E-state index in [9.17, 15) is 14.4 Å². The fraction of sp³-hybridized carbons (Fsp3) is 0.194. The molecule has 0 unspecified atom stereocenters. The minimum Gasteiger partial charge on any atom is -0.481 e. The Labute approximate surface area is 221 Å². The zero-order valence-corrected chi connectivity index (χ0v) is 21.7. The highest BCUT2D eigenvalue weighted by Crippen LogP contribution is 2.24. The summed E-state index contributed by atoms with van der Waals surface area (Å²) in [6.45, 7) is 6.11. The molecule has 1 aromatic heterocycles. The summed E-state index contributed by atoms with van der Waals surface area (Å²) in [6.07, 6.45) is 1.83. The molecule has 7 nitrogen and oxygen atoms in total. The quantitative estimate of drug-likeness (QED) is 0.256. The van der Waals surface area contributed by atoms with Crippen LogP contribution >= 0.6 is 0 Å². The predicted octanol–water partition coefficient (Wildman–Crippen LogP) is 6.40. The van der Waals surface area contributed by atoms with Gasteiger partial charge in [0.1, 0.15) is 0 Å². The molecular weight excluding hydrogens is 478 g/mol. The van der Waals surface area contributed by atoms with E-state index in [1.807, 2.05) is 87.5 Å². The van der Waals surface area contributed by atoms with Gasteiger partial charge in [-0.3, -0.25) is 9.59 Å². The van der Waals surface area contributed by atoms with Gasteiger partial charge in [0.2, 0.25) is 0 Å². The third-order valence-corrected chi connectivity index (χ3v) is 6.58. The highest BCUT2D eigenvalue weighted by Gasteiger charge is 2.12. The number of benzene rings is 3. The van der Waals surface area contributed by atoms with Gasteiger partial charge in [-0.25, -0.2) is 4.79 Å². The van der Waals surface area contributed by atoms with Gasteiger partial charge in [-0.1, -0.05) is 55.5 Å². The van der Waals surface area contributed by atoms with Crippen molar-refractivity contribution in [1.82, 2.24) is 4.57 Å². The van der Waals surface area contributed by atoms with Gasteiger partial charge in [-0.15, -0.1) is 0 Å². The fourth-order valence-corrected chi connectivity index (χ4v) is 4.37. The number of aliphatic carboxylic acids is 1. The Hall–Kier alpha value is -4.65. The van der Waals surface area contributed by atoms with E-state index in [1.54, 1.807) is 22.9 Å². The number of anilines is 2. The van der Waals surface area contributed by atoms with Gasteiger partial charge < -0.3 is 20.3 Å². The lowest BCUT2D eigenvalue weighted by molar-refractivity contribution is -0.137. The number of urea groups is 1. The maximum Gasteiger partial charge on any atom is 0.323 e. The molecule has 4 aromatic rings. The second-order valence-electron chi connectivity index (χ2n) is 9.52. The fourth-order valence-electron chi connectivity index (χ4n) is 4.37. The topological polar surface area (TPSA) is 100 Å². The number of aromatic nitrogens is 1. The molecular formula is C31H31N3O4. The SMILES string of the molecule is Cc1ccccc1NC(=O)Nc1ccc(-c2cccn(Cc3ccc([C@H](C)CC(=O)O)cc3)c2=O)cc1C. The summed E-state index contributed by atoms with van der Waals surface area (Å²) in [4.78, 5) is 36.8. The summed E-state index contributed by atoms with van der Waals surface area (Å²) in [6, 6.07) is 24.1. The molecule has 0 saturated heterocycles. The molecule has 0 spiro atoms. The Kier molecular flexibility index (Phi) is 8.06. The van der Waals surface area contributed by atoms with Crippen molar-refractivity contribution >= 4 is 23.4 Å². The van der Waals surface area contributed by atoms with Crippen molar-refractivity contribution in [3.05, 3.63) is 118 Å². The average molecular weight is 510 g/mol. The largest absolute Gasteiger partial charge is 0.481 e. The number of carbonyl (C=O) groups is 2. The number of carbonyl (C=O) groups excluding carboxylic acids is 1. The first kappa shape index (κ1) is 26.4. The number of rotatable bonds is 8. The summed E-state index contributed by atoms with van der Waals surface area (Å²) >= 11 is 0. The Balaban J connectivity index is 1.48. The molecule has 4 rings (SSSR count). The van der Waals surface area contributed by atoms with Crippen LogP contribution in [-0.4, -0.2) is 21.7 Å². The van der Waals surface area contributed by atoms with Crippen LogP contribution in [0.1, 0.15) is 41.5 Å². The number of nitrogens with one attached hydrogen (secondary N) is 2. The molecule has 3 aromatic carbocycles. The van der Waals surface area contributed by atoms with Crippen LogP contribution in [0.2, 0.25) is 0 Å². The van der Waals surface area contributed by atoms with Gasteiger partial charge in [0.25, 0.3) is 5.56 Å². The second kappa shape index (κ2) is 11.6. The van der Waals surface area contributed by atoms with Crippen LogP contribution in [0.25, 0.3) is 11.1 Å². The molecule has 0 bridgehead atoms. The average Bonchev–Trinajstić information content (AvgIpc) is 2.88. The van der Waals surface area contributed by atoms with Crippen LogP contribution in [-0.2, 0) is 11.3 Å². The van der Waals surface area contributed by atoms with Crippen molar-refractivity contribution in [2.24, 2.45) is 0 Å². The molecule has 0 fully saturated rings. The van der Waals surface area contributed by atoms with Crippen molar-refractivity contribution in [2.45, 2.75) is 39.7 Å². The summed E-state index contributed by atoms with van der Waals surface area (Å²) in [7, 11) is 0. The number of pyridine rings is 1. The standard InChI is InChI=1S/C31H31N3O4/c1-20-7-4-5-9-27(20)32-31(38)33-28-15-14-25(17-22(28)3)26-8-6-16-34(30(26)37)19-23-10-12-24(13-11-23)21(2)18-29(35)36/h4-17,21H,18-19H2,1-3H3,(H,35,36)(H2,32,33,38)/t21-/m1/s1. The van der Waals surface area contributed by atoms with E-state index < -0.39 is 5.97 Å². The first-order chi connectivity index (χ1) is 18.2. The second-order valence-corrected chi connectivity index (χ2v) is 9.52. The molecule has 7 heteroatoms. The van der Waals surface area contributed by atoms with Crippen molar-refractivity contribution < 1.29 is 14.7 Å². The Morgan fingerprint density at radius 3 is 2.21 bits per heavy atom. The van der Waals surface area contributed by atoms with Crippen LogP contribution in [0.15, 0.2) is 89.9 Å². The lowest BCUT2D eigenvalue weighted by Gasteiger charge is -2.14. The third kappa shape index (κ3) is 6.37. The first-order valence-corrected chi connectivity index (χ1v) is 12.5. The number of amides is 2. The van der Waals surface area contributed by atoms with Crippen LogP contribution in [0.4, 0.5) is 16.2 Å². The lowest BCUT2D eigenvalue weighted by Crippen LogP contribution is -2.22. The molecule has 3 N–H and O–H groups in total. The normalized spacial score (nSPS) is 11.6. The van der Waals surface area contributed by atoms with Crippen LogP contribution in [0.5, 0.6) is 0 Å². The maximum atomic E-state index is 13.3. The molecule has 38 heavy (non-hydrogen) atoms. The van der Waals surface area contributed by atoms with E-state index in [-0.39, 0.29) is 23.9 Å². The summed E-state index contributed by atoms with van der Waals surface area (Å²) in [5.41, 5.74) is 6.33. The van der Waals surface area contributed by atoms with Gasteiger partial charge in [-0.05, 0) is 77.9 Å². The van der Waals surface area contributed by atoms with Gasteiger partial charge in [0.15, 0.2) is 0 Å². The van der Waals surface area contributed by atoms with E-state index in [1.165, 1.54) is 0 Å². The van der Waals surface area contributed by atoms with Crippen molar-refractivity contribution in [2.75, 3.05) is 10.6 Å². The molecule has 194 valence electrons. The number of hydrogen-bond donors (Lipinski definition) is 3. The maximum absolute atomic E-state index is 13.3. The Bertz CT molecular complexity index is 1520. The van der Waals surface area contributed by atoms with E-state index in [4.69, 9.17) is 5.11 Å². The molecule has 1 atom stereocenters. The molecule has 2 amide bonds. The molecule has 0 radical (unpaired) electrons. The predicted molar refractivity (Wildman–Crippen MR) is 151 cm³/mol. The van der Waals surface area contributed by atoms with E-state index in [2.05, 4.69) is 10.6 Å². The minimum absolute atomic E-state index is 0.0753. The molecule has 0 saturated carbocycles. The number of para-hydroxylation sites is 1. The first-order valence-electron chi connectivity index (χ1n) is 12.5. The minimum atomic E-state index is -0.825. The number of hydrogen-bond acceptors (Lipinski definition) is 3. The van der Waals surface area contributed by atoms with Crippen LogP contribution < -0.4 is 16.2 Å². The highest BCUT2D eigenvalue weighted by molar-refractivity contribution is 6.00. The van der Waals surface area contributed by atoms with Gasteiger partial charge in [0.05, 0.1) is 13.0 Å². The number of aryl methyl sites for hydroxylation is 2. The smallest absolute Gasteiger partial charge is 0.323 e. The van der Waals surface area contributed by atoms with Gasteiger partial charge in [-0.2, -0.15) is 0 Å². The van der Waals surface area contributed by atoms with Gasteiger partial charge >= 0.3 is 12.0 Å². The molecule has 0 aliphatic rings. The molecule has 0 aliphatic heterocycles. The monoisotopic (exact) mass is 509 g/mol. The van der Waals surface area contributed by atoms with E-state index >= 15 is 0 Å². The molecule has 1 heterocycles. The summed E-state index contributed by atoms with van der Waals surface area (Å²) in [5.74, 6) is -0.906. The number of nitrogens with zero attached hydrogens (tertiary/aromatic N) is 1. The zero-order valence-electron chi connectivity index (χ0n) is 21.7. The summed E-state index contributed by atoms with van der Waals surface area (Å²) in [5, 5.41) is 14.8. The highest BCUT2D eigenvalue weighted by atomic mass is 16.4. The number of carboxylic acids is 1. The van der Waals surface area contributed by atoms with E-state index in [0.717, 1.165) is 33.5 Å². The van der Waals surface area contributed by atoms with Crippen molar-refractivity contribution in [3.63, 3.8) is 0 Å². The summed E-state index contributed by atoms with van der Waals surface area (Å²) < 4.78 is 1.65. The van der Waals surface area contributed by atoms with Crippen molar-refractivity contribution in [3.8, 4) is 11.1 Å². The Morgan fingerprint density at radius 2 is 1.55 bits per heavy atom. The zero-order chi connectivity index (χ0) is 27.2. The van der Waals surface area contributed by atoms with Gasteiger partial charge in [0, 0.05) is 23.1 Å². The lowest BCUT2D eigenvalue weighted by atomic mass is 9.97. The van der Waals surface area contributed by atoms with Crippen molar-refractivity contribution in [1.29, 1.82) is 0 Å². The Morgan fingerprint density at radius 1 is 0.868 bits per heavy atom. The van der Waals surface area contributed by atoms with Crippen LogP contribution in [0, 0.1) is 13.8 Å². The molecule has 0 aliphatic carbocycles. The van der Waals surface area contributed by atoms with Crippen LogP contribution in [0.3, 0.4) is 0 Å². The third-order valence-electron chi connectivity index (χ3n) is 6.58. The number of carboxylic acid groups (broad SMARTS) is 1. The van der Waals surface area contributed by atoms with E-state index in [0.29, 0.717) is 17.8 Å².